The van der Waals surface area contributed by atoms with Gasteiger partial charge in [-0.05, 0) is 51.5 Å². The van der Waals surface area contributed by atoms with Crippen molar-refractivity contribution in [3.05, 3.63) is 0 Å². The van der Waals surface area contributed by atoms with Gasteiger partial charge in [-0.2, -0.15) is 0 Å². The smallest absolute Gasteiger partial charge is 0.0150 e. The van der Waals surface area contributed by atoms with E-state index >= 15 is 0 Å². The summed E-state index contributed by atoms with van der Waals surface area (Å²) in [7, 11) is 2.07. The molecule has 0 aromatic heterocycles. The van der Waals surface area contributed by atoms with Crippen LogP contribution in [0.2, 0.25) is 0 Å². The van der Waals surface area contributed by atoms with Crippen LogP contribution in [0.5, 0.6) is 0 Å². The quantitative estimate of drug-likeness (QED) is 0.670. The van der Waals surface area contributed by atoms with Crippen LogP contribution in [0.3, 0.4) is 0 Å². The zero-order valence-electron chi connectivity index (χ0n) is 9.20. The minimum atomic E-state index is 0.327. The fourth-order valence-corrected chi connectivity index (χ4v) is 2.26. The molecule has 1 aliphatic rings. The van der Waals surface area contributed by atoms with Gasteiger partial charge < -0.3 is 5.32 Å². The molecule has 0 radical (unpaired) electrons. The predicted octanol–water partition coefficient (Wildman–Crippen LogP) is 2.81. The van der Waals surface area contributed by atoms with Crippen LogP contribution in [0.15, 0.2) is 0 Å². The molecule has 1 heteroatoms. The zero-order valence-corrected chi connectivity index (χ0v) is 9.20. The van der Waals surface area contributed by atoms with E-state index in [0.29, 0.717) is 11.0 Å². The third-order valence-electron chi connectivity index (χ3n) is 3.63. The summed E-state index contributed by atoms with van der Waals surface area (Å²) in [6, 6.07) is 0. The monoisotopic (exact) mass is 169 g/mol. The van der Waals surface area contributed by atoms with Gasteiger partial charge in [0.2, 0.25) is 0 Å². The van der Waals surface area contributed by atoms with Crippen molar-refractivity contribution in [1.82, 2.24) is 5.32 Å². The molecule has 1 unspecified atom stereocenters. The summed E-state index contributed by atoms with van der Waals surface area (Å²) >= 11 is 0. The van der Waals surface area contributed by atoms with Crippen LogP contribution in [0.4, 0.5) is 0 Å². The van der Waals surface area contributed by atoms with Crippen molar-refractivity contribution in [2.45, 2.75) is 52.5 Å². The zero-order chi connectivity index (χ0) is 9.41. The van der Waals surface area contributed by atoms with E-state index in [1.54, 1.807) is 0 Å². The Kier molecular flexibility index (Phi) is 2.53. The Hall–Kier alpha value is -0.0400. The highest BCUT2D eigenvalue weighted by Crippen LogP contribution is 2.44. The van der Waals surface area contributed by atoms with Crippen molar-refractivity contribution >= 4 is 0 Å². The van der Waals surface area contributed by atoms with Crippen LogP contribution in [0.1, 0.15) is 47.0 Å². The first-order chi connectivity index (χ1) is 5.37. The Balaban J connectivity index is 2.58. The molecule has 1 atom stereocenters. The maximum Gasteiger partial charge on any atom is 0.0150 e. The Morgan fingerprint density at radius 3 is 2.25 bits per heavy atom. The van der Waals surface area contributed by atoms with E-state index in [1.165, 1.54) is 19.3 Å². The molecule has 1 nitrogen and oxygen atoms in total. The van der Waals surface area contributed by atoms with Crippen molar-refractivity contribution in [2.75, 3.05) is 7.05 Å². The van der Waals surface area contributed by atoms with Crippen LogP contribution in [0.25, 0.3) is 0 Å². The lowest BCUT2D eigenvalue weighted by atomic mass is 9.82. The number of hydrogen-bond acceptors (Lipinski definition) is 1. The van der Waals surface area contributed by atoms with Crippen molar-refractivity contribution in [3.63, 3.8) is 0 Å². The Labute approximate surface area is 76.9 Å². The van der Waals surface area contributed by atoms with Gasteiger partial charge in [-0.3, -0.25) is 0 Å². The summed E-state index contributed by atoms with van der Waals surface area (Å²) in [6.45, 7) is 9.41. The SMILES string of the molecule is CNC(C)(C)C1CCC(C)(C)C1. The molecule has 0 aliphatic heterocycles. The number of hydrogen-bond donors (Lipinski definition) is 1. The summed E-state index contributed by atoms with van der Waals surface area (Å²) in [5.41, 5.74) is 0.909. The van der Waals surface area contributed by atoms with Crippen molar-refractivity contribution in [2.24, 2.45) is 11.3 Å². The molecule has 1 rings (SSSR count). The van der Waals surface area contributed by atoms with Gasteiger partial charge in [0.05, 0.1) is 0 Å². The molecular formula is C11H23N. The second-order valence-corrected chi connectivity index (χ2v) is 5.58. The third kappa shape index (κ3) is 2.01. The normalized spacial score (nSPS) is 29.2. The minimum Gasteiger partial charge on any atom is -0.315 e. The molecular weight excluding hydrogens is 146 g/mol. The van der Waals surface area contributed by atoms with Crippen molar-refractivity contribution < 1.29 is 0 Å². The number of rotatable bonds is 2. The van der Waals surface area contributed by atoms with Crippen molar-refractivity contribution in [1.29, 1.82) is 0 Å². The molecule has 0 spiro atoms. The lowest BCUT2D eigenvalue weighted by Crippen LogP contribution is -2.43. The molecule has 0 heterocycles. The van der Waals surface area contributed by atoms with E-state index in [-0.39, 0.29) is 0 Å². The summed E-state index contributed by atoms with van der Waals surface area (Å²) in [5, 5.41) is 3.42. The van der Waals surface area contributed by atoms with E-state index in [4.69, 9.17) is 0 Å². The molecule has 1 fully saturated rings. The molecule has 12 heavy (non-hydrogen) atoms. The first-order valence-electron chi connectivity index (χ1n) is 5.06. The lowest BCUT2D eigenvalue weighted by molar-refractivity contribution is 0.248. The molecule has 0 amide bonds. The topological polar surface area (TPSA) is 12.0 Å². The highest BCUT2D eigenvalue weighted by molar-refractivity contribution is 4.93. The van der Waals surface area contributed by atoms with E-state index in [9.17, 15) is 0 Å². The van der Waals surface area contributed by atoms with Crippen LogP contribution >= 0.6 is 0 Å². The van der Waals surface area contributed by atoms with Gasteiger partial charge >= 0.3 is 0 Å². The molecule has 72 valence electrons. The summed E-state index contributed by atoms with van der Waals surface area (Å²) in [6.07, 6.45) is 4.16. The first kappa shape index (κ1) is 10.0. The van der Waals surface area contributed by atoms with Gasteiger partial charge in [-0.15, -0.1) is 0 Å². The molecule has 1 saturated carbocycles. The third-order valence-corrected chi connectivity index (χ3v) is 3.63. The van der Waals surface area contributed by atoms with Gasteiger partial charge in [0.1, 0.15) is 0 Å². The van der Waals surface area contributed by atoms with E-state index < -0.39 is 0 Å². The highest BCUT2D eigenvalue weighted by Gasteiger charge is 2.38. The summed E-state index contributed by atoms with van der Waals surface area (Å²) in [5.74, 6) is 0.859. The summed E-state index contributed by atoms with van der Waals surface area (Å²) in [4.78, 5) is 0. The highest BCUT2D eigenvalue weighted by atomic mass is 14.9. The van der Waals surface area contributed by atoms with Crippen molar-refractivity contribution in [3.8, 4) is 0 Å². The molecule has 0 saturated heterocycles. The molecule has 0 bridgehead atoms. The Bertz CT molecular complexity index is 158. The fourth-order valence-electron chi connectivity index (χ4n) is 2.26. The second-order valence-electron chi connectivity index (χ2n) is 5.58. The first-order valence-corrected chi connectivity index (χ1v) is 5.06. The molecule has 1 N–H and O–H groups in total. The Morgan fingerprint density at radius 1 is 1.33 bits per heavy atom. The average Bonchev–Trinajstić information content (AvgIpc) is 2.31. The minimum absolute atomic E-state index is 0.327. The van der Waals surface area contributed by atoms with Crippen LogP contribution in [-0.2, 0) is 0 Å². The van der Waals surface area contributed by atoms with Gasteiger partial charge in [0.25, 0.3) is 0 Å². The van der Waals surface area contributed by atoms with E-state index in [1.807, 2.05) is 0 Å². The fraction of sp³-hybridized carbons (Fsp3) is 1.00. The van der Waals surface area contributed by atoms with Gasteiger partial charge in [0.15, 0.2) is 0 Å². The standard InChI is InChI=1S/C11H23N/c1-10(2)7-6-9(8-10)11(3,4)12-5/h9,12H,6-8H2,1-5H3. The number of nitrogens with one attached hydrogen (secondary N) is 1. The maximum atomic E-state index is 3.42. The predicted molar refractivity (Wildman–Crippen MR) is 54.3 cm³/mol. The van der Waals surface area contributed by atoms with Crippen LogP contribution in [-0.4, -0.2) is 12.6 Å². The van der Waals surface area contributed by atoms with Crippen LogP contribution in [0, 0.1) is 11.3 Å². The van der Waals surface area contributed by atoms with Gasteiger partial charge in [-0.25, -0.2) is 0 Å². The lowest BCUT2D eigenvalue weighted by Gasteiger charge is -2.32. The maximum absolute atomic E-state index is 3.42. The van der Waals surface area contributed by atoms with Gasteiger partial charge in [-0.1, -0.05) is 13.8 Å². The molecule has 0 aromatic rings. The molecule has 1 aliphatic carbocycles. The average molecular weight is 169 g/mol. The van der Waals surface area contributed by atoms with E-state index in [2.05, 4.69) is 40.1 Å². The van der Waals surface area contributed by atoms with Crippen LogP contribution < -0.4 is 5.32 Å². The molecule has 0 aromatic carbocycles. The van der Waals surface area contributed by atoms with Gasteiger partial charge in [0, 0.05) is 5.54 Å². The Morgan fingerprint density at radius 2 is 1.92 bits per heavy atom. The second kappa shape index (κ2) is 3.02. The largest absolute Gasteiger partial charge is 0.315 e. The van der Waals surface area contributed by atoms with E-state index in [0.717, 1.165) is 5.92 Å². The summed E-state index contributed by atoms with van der Waals surface area (Å²) < 4.78 is 0.